The monoisotopic (exact) mass is 319 g/mol. The Balaban J connectivity index is 2.04. The Hall–Kier alpha value is -1.00. The molecule has 0 unspecified atom stereocenters. The maximum atomic E-state index is 12.0. The van der Waals surface area contributed by atoms with E-state index in [1.165, 1.54) is 18.2 Å². The molecular weight excluding hydrogens is 302 g/mol. The number of hydrogen-bond acceptors (Lipinski definition) is 5. The van der Waals surface area contributed by atoms with Crippen LogP contribution in [0.15, 0.2) is 34.1 Å². The van der Waals surface area contributed by atoms with Crippen LogP contribution in [0.5, 0.6) is 0 Å². The van der Waals surface area contributed by atoms with Crippen LogP contribution in [0.4, 0.5) is 0 Å². The Morgan fingerprint density at radius 3 is 2.35 bits per heavy atom. The van der Waals surface area contributed by atoms with Crippen LogP contribution in [0, 0.1) is 0 Å². The molecule has 0 heterocycles. The lowest BCUT2D eigenvalue weighted by Crippen LogP contribution is -2.32. The SMILES string of the molecule is NS(=O)(=O)c1cccc(S(=O)(=O)NCCNC2CC2)c1. The average Bonchev–Trinajstić information content (AvgIpc) is 3.18. The second kappa shape index (κ2) is 5.78. The third kappa shape index (κ3) is 4.25. The number of nitrogens with two attached hydrogens (primary N) is 1. The minimum atomic E-state index is -3.92. The van der Waals surface area contributed by atoms with E-state index in [1.807, 2.05) is 0 Å². The highest BCUT2D eigenvalue weighted by molar-refractivity contribution is 7.90. The topological polar surface area (TPSA) is 118 Å². The smallest absolute Gasteiger partial charge is 0.240 e. The summed E-state index contributed by atoms with van der Waals surface area (Å²) >= 11 is 0. The summed E-state index contributed by atoms with van der Waals surface area (Å²) in [4.78, 5) is -0.341. The van der Waals surface area contributed by atoms with Crippen molar-refractivity contribution in [2.45, 2.75) is 28.7 Å². The van der Waals surface area contributed by atoms with Gasteiger partial charge in [-0.05, 0) is 31.0 Å². The molecule has 7 nitrogen and oxygen atoms in total. The van der Waals surface area contributed by atoms with Crippen molar-refractivity contribution in [1.29, 1.82) is 0 Å². The van der Waals surface area contributed by atoms with E-state index in [-0.39, 0.29) is 16.3 Å². The minimum Gasteiger partial charge on any atom is -0.313 e. The van der Waals surface area contributed by atoms with Crippen molar-refractivity contribution in [1.82, 2.24) is 10.0 Å². The van der Waals surface area contributed by atoms with E-state index in [0.717, 1.165) is 18.9 Å². The van der Waals surface area contributed by atoms with Crippen LogP contribution in [-0.4, -0.2) is 36.0 Å². The molecule has 0 aromatic heterocycles. The van der Waals surface area contributed by atoms with Gasteiger partial charge in [0.15, 0.2) is 0 Å². The van der Waals surface area contributed by atoms with E-state index in [2.05, 4.69) is 10.0 Å². The van der Waals surface area contributed by atoms with Gasteiger partial charge in [0.2, 0.25) is 20.0 Å². The van der Waals surface area contributed by atoms with E-state index in [4.69, 9.17) is 5.14 Å². The number of hydrogen-bond donors (Lipinski definition) is 3. The zero-order valence-electron chi connectivity index (χ0n) is 10.7. The lowest BCUT2D eigenvalue weighted by molar-refractivity contribution is 0.575. The summed E-state index contributed by atoms with van der Waals surface area (Å²) in [5, 5.41) is 8.15. The molecule has 0 spiro atoms. The molecule has 0 amide bonds. The van der Waals surface area contributed by atoms with Gasteiger partial charge in [-0.2, -0.15) is 0 Å². The van der Waals surface area contributed by atoms with Crippen molar-refractivity contribution in [3.8, 4) is 0 Å². The summed E-state index contributed by atoms with van der Waals surface area (Å²) in [6.07, 6.45) is 2.26. The second-order valence-electron chi connectivity index (χ2n) is 4.65. The molecule has 1 saturated carbocycles. The van der Waals surface area contributed by atoms with Crippen LogP contribution in [0.25, 0.3) is 0 Å². The predicted octanol–water partition coefficient (Wildman–Crippen LogP) is -0.636. The Morgan fingerprint density at radius 1 is 1.10 bits per heavy atom. The van der Waals surface area contributed by atoms with Crippen molar-refractivity contribution in [3.05, 3.63) is 24.3 Å². The first-order chi connectivity index (χ1) is 9.29. The molecule has 2 rings (SSSR count). The van der Waals surface area contributed by atoms with Gasteiger partial charge >= 0.3 is 0 Å². The number of primary sulfonamides is 1. The quantitative estimate of drug-likeness (QED) is 0.578. The highest BCUT2D eigenvalue weighted by Gasteiger charge is 2.20. The molecule has 1 fully saturated rings. The summed E-state index contributed by atoms with van der Waals surface area (Å²) in [6.45, 7) is 0.789. The van der Waals surface area contributed by atoms with Crippen LogP contribution in [0.2, 0.25) is 0 Å². The molecule has 20 heavy (non-hydrogen) atoms. The Kier molecular flexibility index (Phi) is 4.45. The summed E-state index contributed by atoms with van der Waals surface area (Å²) in [7, 11) is -7.65. The number of benzene rings is 1. The van der Waals surface area contributed by atoms with Crippen LogP contribution >= 0.6 is 0 Å². The molecule has 4 N–H and O–H groups in total. The van der Waals surface area contributed by atoms with Gasteiger partial charge in [-0.25, -0.2) is 26.7 Å². The Bertz CT molecular complexity index is 681. The fourth-order valence-corrected chi connectivity index (χ4v) is 3.36. The standard InChI is InChI=1S/C11H17N3O4S2/c12-19(15,16)10-2-1-3-11(8-10)20(17,18)14-7-6-13-9-4-5-9/h1-3,8-9,13-14H,4-7H2,(H2,12,15,16). The van der Waals surface area contributed by atoms with Crippen molar-refractivity contribution in [3.63, 3.8) is 0 Å². The fraction of sp³-hybridized carbons (Fsp3) is 0.455. The van der Waals surface area contributed by atoms with Crippen molar-refractivity contribution < 1.29 is 16.8 Å². The summed E-state index contributed by atoms with van der Waals surface area (Å²) < 4.78 is 48.8. The molecule has 112 valence electrons. The van der Waals surface area contributed by atoms with Crippen molar-refractivity contribution in [2.24, 2.45) is 5.14 Å². The van der Waals surface area contributed by atoms with Gasteiger partial charge < -0.3 is 5.32 Å². The van der Waals surface area contributed by atoms with E-state index in [0.29, 0.717) is 12.6 Å². The van der Waals surface area contributed by atoms with Crippen LogP contribution in [-0.2, 0) is 20.0 Å². The van der Waals surface area contributed by atoms with E-state index >= 15 is 0 Å². The fourth-order valence-electron chi connectivity index (χ4n) is 1.65. The van der Waals surface area contributed by atoms with Crippen LogP contribution in [0.3, 0.4) is 0 Å². The van der Waals surface area contributed by atoms with Crippen LogP contribution in [0.1, 0.15) is 12.8 Å². The minimum absolute atomic E-state index is 0.115. The predicted molar refractivity (Wildman–Crippen MR) is 74.0 cm³/mol. The largest absolute Gasteiger partial charge is 0.313 e. The van der Waals surface area contributed by atoms with Gasteiger partial charge in [-0.15, -0.1) is 0 Å². The number of rotatable bonds is 7. The molecule has 9 heteroatoms. The van der Waals surface area contributed by atoms with E-state index in [9.17, 15) is 16.8 Å². The van der Waals surface area contributed by atoms with Gasteiger partial charge in [0.05, 0.1) is 9.79 Å². The summed E-state index contributed by atoms with van der Waals surface area (Å²) in [6, 6.07) is 5.47. The van der Waals surface area contributed by atoms with Gasteiger partial charge in [-0.3, -0.25) is 0 Å². The van der Waals surface area contributed by atoms with E-state index < -0.39 is 20.0 Å². The highest BCUT2D eigenvalue weighted by Crippen LogP contribution is 2.18. The molecule has 0 aliphatic heterocycles. The first kappa shape index (κ1) is 15.4. The van der Waals surface area contributed by atoms with Gasteiger partial charge in [-0.1, -0.05) is 6.07 Å². The first-order valence-electron chi connectivity index (χ1n) is 6.15. The zero-order valence-corrected chi connectivity index (χ0v) is 12.4. The molecule has 0 saturated heterocycles. The average molecular weight is 319 g/mol. The highest BCUT2D eigenvalue weighted by atomic mass is 32.2. The summed E-state index contributed by atoms with van der Waals surface area (Å²) in [5.41, 5.74) is 0. The van der Waals surface area contributed by atoms with E-state index in [1.54, 1.807) is 0 Å². The second-order valence-corrected chi connectivity index (χ2v) is 7.97. The maximum absolute atomic E-state index is 12.0. The lowest BCUT2D eigenvalue weighted by atomic mass is 10.4. The molecule has 0 radical (unpaired) electrons. The molecule has 1 aromatic carbocycles. The Labute approximate surface area is 118 Å². The molecule has 1 aliphatic rings. The van der Waals surface area contributed by atoms with Gasteiger partial charge in [0.25, 0.3) is 0 Å². The maximum Gasteiger partial charge on any atom is 0.240 e. The van der Waals surface area contributed by atoms with Crippen molar-refractivity contribution >= 4 is 20.0 Å². The molecule has 0 atom stereocenters. The first-order valence-corrected chi connectivity index (χ1v) is 9.18. The lowest BCUT2D eigenvalue weighted by Gasteiger charge is -2.08. The number of sulfonamides is 2. The number of nitrogens with one attached hydrogen (secondary N) is 2. The third-order valence-corrected chi connectivity index (χ3v) is 5.24. The Morgan fingerprint density at radius 2 is 1.75 bits per heavy atom. The third-order valence-electron chi connectivity index (χ3n) is 2.87. The molecule has 0 bridgehead atoms. The van der Waals surface area contributed by atoms with Crippen molar-refractivity contribution in [2.75, 3.05) is 13.1 Å². The molecule has 1 aliphatic carbocycles. The van der Waals surface area contributed by atoms with Crippen LogP contribution < -0.4 is 15.2 Å². The molecular formula is C11H17N3O4S2. The van der Waals surface area contributed by atoms with Gasteiger partial charge in [0.1, 0.15) is 0 Å². The zero-order chi connectivity index (χ0) is 14.8. The normalized spacial score (nSPS) is 16.2. The molecule has 1 aromatic rings. The van der Waals surface area contributed by atoms with Gasteiger partial charge in [0, 0.05) is 19.1 Å². The summed E-state index contributed by atoms with van der Waals surface area (Å²) in [5.74, 6) is 0.